The lowest BCUT2D eigenvalue weighted by molar-refractivity contribution is -0.146. The molecule has 1 aliphatic carbocycles. The van der Waals surface area contributed by atoms with Crippen molar-refractivity contribution in [3.8, 4) is 11.1 Å². The number of hydrogen-bond donors (Lipinski definition) is 1. The number of aromatic nitrogens is 2. The SMILES string of the molecule is O=C(OCC1c2ccccc2-c2ccccc21)N1C2COCC1CC(O)(c1cnc(C(F)(F)F)nc1)C2. The fraction of sp³-hybridized carbons (Fsp3) is 0.370. The maximum atomic E-state index is 13.3. The summed E-state index contributed by atoms with van der Waals surface area (Å²) in [6.45, 7) is 0.537. The number of rotatable bonds is 3. The third-order valence-corrected chi connectivity index (χ3v) is 7.54. The molecule has 3 heterocycles. The van der Waals surface area contributed by atoms with E-state index in [2.05, 4.69) is 22.1 Å². The van der Waals surface area contributed by atoms with Gasteiger partial charge in [-0.15, -0.1) is 0 Å². The molecule has 1 amide bonds. The van der Waals surface area contributed by atoms with Crippen LogP contribution in [0.5, 0.6) is 0 Å². The van der Waals surface area contributed by atoms with Crippen LogP contribution in [0, 0.1) is 0 Å². The predicted octanol–water partition coefficient (Wildman–Crippen LogP) is 4.50. The first kappa shape index (κ1) is 23.9. The Bertz CT molecular complexity index is 1270. The van der Waals surface area contributed by atoms with Crippen molar-refractivity contribution >= 4 is 6.09 Å². The molecule has 37 heavy (non-hydrogen) atoms. The van der Waals surface area contributed by atoms with Crippen molar-refractivity contribution in [1.82, 2.24) is 14.9 Å². The topological polar surface area (TPSA) is 84.8 Å². The highest BCUT2D eigenvalue weighted by atomic mass is 19.4. The van der Waals surface area contributed by atoms with E-state index < -0.39 is 35.8 Å². The van der Waals surface area contributed by atoms with Crippen LogP contribution in [0.4, 0.5) is 18.0 Å². The van der Waals surface area contributed by atoms with E-state index in [4.69, 9.17) is 9.47 Å². The summed E-state index contributed by atoms with van der Waals surface area (Å²) >= 11 is 0. The zero-order chi connectivity index (χ0) is 25.8. The van der Waals surface area contributed by atoms with Gasteiger partial charge >= 0.3 is 12.3 Å². The van der Waals surface area contributed by atoms with Crippen LogP contribution in [0.3, 0.4) is 0 Å². The van der Waals surface area contributed by atoms with Gasteiger partial charge in [0.1, 0.15) is 6.61 Å². The third-order valence-electron chi connectivity index (χ3n) is 7.54. The number of aliphatic hydroxyl groups is 1. The van der Waals surface area contributed by atoms with E-state index in [0.29, 0.717) is 0 Å². The van der Waals surface area contributed by atoms with Crippen LogP contribution in [-0.2, 0) is 21.3 Å². The first-order valence-electron chi connectivity index (χ1n) is 12.1. The van der Waals surface area contributed by atoms with E-state index >= 15 is 0 Å². The molecule has 2 aliphatic heterocycles. The largest absolute Gasteiger partial charge is 0.451 e. The molecule has 10 heteroatoms. The maximum Gasteiger partial charge on any atom is 0.451 e. The number of alkyl halides is 3. The molecule has 1 N–H and O–H groups in total. The molecule has 2 fully saturated rings. The smallest absolute Gasteiger partial charge is 0.448 e. The predicted molar refractivity (Wildman–Crippen MR) is 125 cm³/mol. The molecule has 1 aromatic heterocycles. The third kappa shape index (κ3) is 4.14. The highest BCUT2D eigenvalue weighted by molar-refractivity contribution is 5.79. The molecule has 2 saturated heterocycles. The molecule has 0 spiro atoms. The summed E-state index contributed by atoms with van der Waals surface area (Å²) in [5.74, 6) is -1.35. The number of morpholine rings is 1. The van der Waals surface area contributed by atoms with Crippen molar-refractivity contribution in [2.45, 2.75) is 42.6 Å². The van der Waals surface area contributed by atoms with Gasteiger partial charge in [0.05, 0.1) is 30.9 Å². The van der Waals surface area contributed by atoms with Crippen LogP contribution in [0.25, 0.3) is 11.1 Å². The number of halogens is 3. The molecule has 0 radical (unpaired) electrons. The summed E-state index contributed by atoms with van der Waals surface area (Å²) in [5.41, 5.74) is 3.18. The quantitative estimate of drug-likeness (QED) is 0.558. The van der Waals surface area contributed by atoms with Gasteiger partial charge < -0.3 is 14.6 Å². The normalized spacial score (nSPS) is 24.9. The van der Waals surface area contributed by atoms with Crippen molar-refractivity contribution in [2.24, 2.45) is 0 Å². The lowest BCUT2D eigenvalue weighted by atomic mass is 9.78. The van der Waals surface area contributed by atoms with Crippen molar-refractivity contribution in [2.75, 3.05) is 19.8 Å². The maximum absolute atomic E-state index is 13.3. The van der Waals surface area contributed by atoms with E-state index in [1.54, 1.807) is 4.90 Å². The van der Waals surface area contributed by atoms with Gasteiger partial charge in [-0.3, -0.25) is 4.90 Å². The number of fused-ring (bicyclic) bond motifs is 5. The molecule has 2 aromatic carbocycles. The summed E-state index contributed by atoms with van der Waals surface area (Å²) < 4.78 is 50.1. The van der Waals surface area contributed by atoms with Gasteiger partial charge in [-0.25, -0.2) is 14.8 Å². The molecule has 192 valence electrons. The fourth-order valence-corrected chi connectivity index (χ4v) is 5.89. The van der Waals surface area contributed by atoms with Crippen molar-refractivity contribution in [3.05, 3.63) is 83.4 Å². The van der Waals surface area contributed by atoms with Crippen LogP contribution in [0.15, 0.2) is 60.9 Å². The molecular formula is C27H24F3N3O4. The molecule has 6 rings (SSSR count). The molecule has 3 aromatic rings. The summed E-state index contributed by atoms with van der Waals surface area (Å²) in [5, 5.41) is 11.4. The van der Waals surface area contributed by atoms with Gasteiger partial charge in [0.15, 0.2) is 0 Å². The molecule has 7 nitrogen and oxygen atoms in total. The zero-order valence-electron chi connectivity index (χ0n) is 19.7. The highest BCUT2D eigenvalue weighted by Crippen LogP contribution is 2.45. The Labute approximate surface area is 210 Å². The van der Waals surface area contributed by atoms with Gasteiger partial charge in [-0.05, 0) is 22.3 Å². The van der Waals surface area contributed by atoms with E-state index in [0.717, 1.165) is 34.6 Å². The average Bonchev–Trinajstić information content (AvgIpc) is 3.20. The lowest BCUT2D eigenvalue weighted by Crippen LogP contribution is -2.62. The minimum Gasteiger partial charge on any atom is -0.448 e. The van der Waals surface area contributed by atoms with Gasteiger partial charge in [-0.1, -0.05) is 48.5 Å². The van der Waals surface area contributed by atoms with Gasteiger partial charge in [0, 0.05) is 36.7 Å². The molecule has 2 unspecified atom stereocenters. The van der Waals surface area contributed by atoms with Crippen LogP contribution < -0.4 is 0 Å². The molecule has 3 aliphatic rings. The number of carbonyl (C=O) groups excluding carboxylic acids is 1. The van der Waals surface area contributed by atoms with E-state index in [9.17, 15) is 23.1 Å². The Morgan fingerprint density at radius 1 is 1.00 bits per heavy atom. The number of benzene rings is 2. The average molecular weight is 512 g/mol. The van der Waals surface area contributed by atoms with Crippen LogP contribution in [0.1, 0.15) is 41.3 Å². The second kappa shape index (κ2) is 8.81. The lowest BCUT2D eigenvalue weighted by Gasteiger charge is -2.50. The molecule has 2 atom stereocenters. The number of amides is 1. The highest BCUT2D eigenvalue weighted by Gasteiger charge is 2.50. The minimum atomic E-state index is -4.67. The van der Waals surface area contributed by atoms with Crippen LogP contribution in [0.2, 0.25) is 0 Å². The second-order valence-electron chi connectivity index (χ2n) is 9.79. The Kier molecular flexibility index (Phi) is 5.68. The summed E-state index contributed by atoms with van der Waals surface area (Å²) in [6, 6.07) is 15.1. The standard InChI is InChI=1S/C27H24F3N3O4/c28-27(29,30)24-31-11-16(12-32-24)26(35)9-17-13-36-14-18(10-26)33(17)25(34)37-15-23-21-7-3-1-5-19(21)20-6-2-4-8-22(20)23/h1-8,11-12,17-18,23,35H,9-10,13-15H2. The Balaban J connectivity index is 1.18. The van der Waals surface area contributed by atoms with Gasteiger partial charge in [-0.2, -0.15) is 13.2 Å². The fourth-order valence-electron chi connectivity index (χ4n) is 5.89. The van der Waals surface area contributed by atoms with Crippen LogP contribution >= 0.6 is 0 Å². The molecule has 2 bridgehead atoms. The minimum absolute atomic E-state index is 0.0718. The number of carbonyl (C=O) groups is 1. The summed E-state index contributed by atoms with van der Waals surface area (Å²) in [6.07, 6.45) is -3.00. The second-order valence-corrected chi connectivity index (χ2v) is 9.79. The van der Waals surface area contributed by atoms with Crippen LogP contribution in [-0.4, -0.2) is 58.0 Å². The summed E-state index contributed by atoms with van der Waals surface area (Å²) in [7, 11) is 0. The number of nitrogens with zero attached hydrogens (tertiary/aromatic N) is 3. The molecule has 0 saturated carbocycles. The van der Waals surface area contributed by atoms with Crippen molar-refractivity contribution in [3.63, 3.8) is 0 Å². The number of ether oxygens (including phenoxy) is 2. The zero-order valence-corrected chi connectivity index (χ0v) is 19.7. The first-order valence-corrected chi connectivity index (χ1v) is 12.1. The Hall–Kier alpha value is -3.50. The van der Waals surface area contributed by atoms with Gasteiger partial charge in [0.2, 0.25) is 5.82 Å². The van der Waals surface area contributed by atoms with Crippen molar-refractivity contribution in [1.29, 1.82) is 0 Å². The van der Waals surface area contributed by atoms with Crippen molar-refractivity contribution < 1.29 is 32.5 Å². The summed E-state index contributed by atoms with van der Waals surface area (Å²) in [4.78, 5) is 21.7. The van der Waals surface area contributed by atoms with E-state index in [1.807, 2.05) is 36.4 Å². The van der Waals surface area contributed by atoms with E-state index in [-0.39, 0.29) is 44.1 Å². The first-order chi connectivity index (χ1) is 17.7. The number of hydrogen-bond acceptors (Lipinski definition) is 6. The molecular weight excluding hydrogens is 487 g/mol. The van der Waals surface area contributed by atoms with Gasteiger partial charge in [0.25, 0.3) is 0 Å². The Morgan fingerprint density at radius 3 is 2.08 bits per heavy atom. The monoisotopic (exact) mass is 511 g/mol. The Morgan fingerprint density at radius 2 is 1.54 bits per heavy atom. The number of piperidine rings is 1. The van der Waals surface area contributed by atoms with E-state index in [1.165, 1.54) is 0 Å².